The van der Waals surface area contributed by atoms with Gasteiger partial charge in [-0.15, -0.1) is 0 Å². The highest BCUT2D eigenvalue weighted by molar-refractivity contribution is 5.64. The molecule has 0 aliphatic heterocycles. The van der Waals surface area contributed by atoms with Gasteiger partial charge in [0, 0.05) is 18.2 Å². The molecule has 0 spiro atoms. The molecule has 0 aliphatic rings. The maximum atomic E-state index is 9.21. The molecular formula is C21H19N3O3. The zero-order valence-corrected chi connectivity index (χ0v) is 15.4. The Balaban J connectivity index is 1.92. The zero-order chi connectivity index (χ0) is 19.2. The minimum Gasteiger partial charge on any atom is -0.497 e. The van der Waals surface area contributed by atoms with Crippen molar-refractivity contribution in [2.75, 3.05) is 21.3 Å². The second-order valence-electron chi connectivity index (χ2n) is 5.79. The van der Waals surface area contributed by atoms with Crippen molar-refractivity contribution in [3.63, 3.8) is 0 Å². The summed E-state index contributed by atoms with van der Waals surface area (Å²) in [5, 5.41) is 9.21. The molecule has 0 N–H and O–H groups in total. The number of nitriles is 1. The van der Waals surface area contributed by atoms with E-state index in [1.807, 2.05) is 30.3 Å². The summed E-state index contributed by atoms with van der Waals surface area (Å²) in [7, 11) is 4.78. The van der Waals surface area contributed by atoms with Gasteiger partial charge >= 0.3 is 0 Å². The largest absolute Gasteiger partial charge is 0.497 e. The van der Waals surface area contributed by atoms with Gasteiger partial charge in [0.1, 0.15) is 11.6 Å². The Hall–Kier alpha value is -3.59. The number of hydrogen-bond donors (Lipinski definition) is 0. The van der Waals surface area contributed by atoms with Crippen molar-refractivity contribution in [3.05, 3.63) is 65.6 Å². The lowest BCUT2D eigenvalue weighted by Gasteiger charge is -2.10. The first kappa shape index (κ1) is 18.2. The summed E-state index contributed by atoms with van der Waals surface area (Å²) in [6.45, 7) is 0. The third kappa shape index (κ3) is 4.15. The van der Waals surface area contributed by atoms with Gasteiger partial charge < -0.3 is 14.2 Å². The van der Waals surface area contributed by atoms with Crippen LogP contribution in [0.3, 0.4) is 0 Å². The van der Waals surface area contributed by atoms with Crippen LogP contribution in [0.25, 0.3) is 11.3 Å². The van der Waals surface area contributed by atoms with Crippen LogP contribution in [0.4, 0.5) is 0 Å². The summed E-state index contributed by atoms with van der Waals surface area (Å²) in [5.41, 5.74) is 3.07. The zero-order valence-electron chi connectivity index (χ0n) is 15.4. The number of ether oxygens (including phenoxy) is 3. The molecule has 0 amide bonds. The summed E-state index contributed by atoms with van der Waals surface area (Å²) in [6.07, 6.45) is 2.26. The van der Waals surface area contributed by atoms with Gasteiger partial charge in [-0.3, -0.25) is 0 Å². The normalized spacial score (nSPS) is 10.1. The highest BCUT2D eigenvalue weighted by Gasteiger charge is 2.09. The second-order valence-corrected chi connectivity index (χ2v) is 5.79. The summed E-state index contributed by atoms with van der Waals surface area (Å²) in [6, 6.07) is 15.0. The van der Waals surface area contributed by atoms with Crippen molar-refractivity contribution in [1.82, 2.24) is 9.97 Å². The summed E-state index contributed by atoms with van der Waals surface area (Å²) in [5.74, 6) is 2.62. The lowest BCUT2D eigenvalue weighted by Crippen LogP contribution is -1.99. The summed E-state index contributed by atoms with van der Waals surface area (Å²) in [4.78, 5) is 9.00. The van der Waals surface area contributed by atoms with Crippen molar-refractivity contribution in [2.24, 2.45) is 0 Å². The Morgan fingerprint density at radius 3 is 2.44 bits per heavy atom. The van der Waals surface area contributed by atoms with Crippen LogP contribution in [0, 0.1) is 11.3 Å². The third-order valence-corrected chi connectivity index (χ3v) is 4.08. The molecule has 27 heavy (non-hydrogen) atoms. The second kappa shape index (κ2) is 8.19. The van der Waals surface area contributed by atoms with Crippen molar-refractivity contribution < 1.29 is 14.2 Å². The van der Waals surface area contributed by atoms with Crippen molar-refractivity contribution in [1.29, 1.82) is 5.26 Å². The summed E-state index contributed by atoms with van der Waals surface area (Å²) >= 11 is 0. The first-order valence-corrected chi connectivity index (χ1v) is 8.29. The minimum atomic E-state index is 0.518. The number of hydrogen-bond acceptors (Lipinski definition) is 6. The Bertz CT molecular complexity index is 996. The Labute approximate surface area is 158 Å². The number of nitrogens with zero attached hydrogens (tertiary/aromatic N) is 3. The van der Waals surface area contributed by atoms with Crippen LogP contribution in [-0.4, -0.2) is 31.3 Å². The predicted molar refractivity (Wildman–Crippen MR) is 101 cm³/mol. The van der Waals surface area contributed by atoms with E-state index >= 15 is 0 Å². The van der Waals surface area contributed by atoms with E-state index in [9.17, 15) is 5.26 Å². The lowest BCUT2D eigenvalue weighted by atomic mass is 10.1. The van der Waals surface area contributed by atoms with Gasteiger partial charge in [0.2, 0.25) is 0 Å². The SMILES string of the molecule is COc1cc(C#N)cc(-c2ccnc(Cc3ccc(OC)c(OC)c3)n2)c1. The fourth-order valence-electron chi connectivity index (χ4n) is 2.75. The van der Waals surface area contributed by atoms with Gasteiger partial charge in [-0.2, -0.15) is 5.26 Å². The van der Waals surface area contributed by atoms with Crippen LogP contribution in [0.5, 0.6) is 17.2 Å². The minimum absolute atomic E-state index is 0.518. The number of aromatic nitrogens is 2. The van der Waals surface area contributed by atoms with Gasteiger partial charge in [-0.05, 0) is 42.0 Å². The Morgan fingerprint density at radius 1 is 0.926 bits per heavy atom. The van der Waals surface area contributed by atoms with Crippen LogP contribution in [0.2, 0.25) is 0 Å². The van der Waals surface area contributed by atoms with E-state index in [0.717, 1.165) is 16.8 Å². The molecule has 0 saturated carbocycles. The quantitative estimate of drug-likeness (QED) is 0.667. The van der Waals surface area contributed by atoms with E-state index in [0.29, 0.717) is 35.1 Å². The number of rotatable bonds is 6. The first-order valence-electron chi connectivity index (χ1n) is 8.29. The molecule has 0 atom stereocenters. The Kier molecular flexibility index (Phi) is 5.53. The maximum Gasteiger partial charge on any atom is 0.161 e. The van der Waals surface area contributed by atoms with Gasteiger partial charge in [0.15, 0.2) is 11.5 Å². The van der Waals surface area contributed by atoms with E-state index in [1.165, 1.54) is 0 Å². The Morgan fingerprint density at radius 2 is 1.74 bits per heavy atom. The van der Waals surface area contributed by atoms with Gasteiger partial charge in [0.25, 0.3) is 0 Å². The molecule has 2 aromatic carbocycles. The van der Waals surface area contributed by atoms with Crippen LogP contribution in [0.15, 0.2) is 48.7 Å². The average Bonchev–Trinajstić information content (AvgIpc) is 2.73. The molecule has 6 nitrogen and oxygen atoms in total. The van der Waals surface area contributed by atoms with Crippen LogP contribution in [0.1, 0.15) is 17.0 Å². The van der Waals surface area contributed by atoms with E-state index in [-0.39, 0.29) is 0 Å². The van der Waals surface area contributed by atoms with E-state index in [4.69, 9.17) is 14.2 Å². The molecule has 0 saturated heterocycles. The fourth-order valence-corrected chi connectivity index (χ4v) is 2.75. The molecule has 3 aromatic rings. The molecule has 1 heterocycles. The van der Waals surface area contributed by atoms with Crippen LogP contribution < -0.4 is 14.2 Å². The molecular weight excluding hydrogens is 342 g/mol. The maximum absolute atomic E-state index is 9.21. The van der Waals surface area contributed by atoms with Crippen molar-refractivity contribution >= 4 is 0 Å². The molecule has 0 aliphatic carbocycles. The third-order valence-electron chi connectivity index (χ3n) is 4.08. The molecule has 6 heteroatoms. The number of methoxy groups -OCH3 is 3. The topological polar surface area (TPSA) is 77.3 Å². The molecule has 0 unspecified atom stereocenters. The van der Waals surface area contributed by atoms with Crippen molar-refractivity contribution in [3.8, 4) is 34.6 Å². The van der Waals surface area contributed by atoms with Gasteiger partial charge in [-0.25, -0.2) is 9.97 Å². The highest BCUT2D eigenvalue weighted by atomic mass is 16.5. The van der Waals surface area contributed by atoms with Crippen LogP contribution >= 0.6 is 0 Å². The molecule has 0 radical (unpaired) electrons. The average molecular weight is 361 g/mol. The van der Waals surface area contributed by atoms with Crippen molar-refractivity contribution in [2.45, 2.75) is 6.42 Å². The standard InChI is InChI=1S/C21H19N3O3/c1-25-17-9-15(13-22)8-16(12-17)18-6-7-23-21(24-18)11-14-4-5-19(26-2)20(10-14)27-3/h4-10,12H,11H2,1-3H3. The predicted octanol–water partition coefficient (Wildman–Crippen LogP) is 3.63. The molecule has 1 aromatic heterocycles. The molecule has 0 bridgehead atoms. The van der Waals surface area contributed by atoms with E-state index in [2.05, 4.69) is 16.0 Å². The van der Waals surface area contributed by atoms with Gasteiger partial charge in [0.05, 0.1) is 38.7 Å². The summed E-state index contributed by atoms with van der Waals surface area (Å²) < 4.78 is 15.9. The van der Waals surface area contributed by atoms with E-state index in [1.54, 1.807) is 39.7 Å². The van der Waals surface area contributed by atoms with Crippen LogP contribution in [-0.2, 0) is 6.42 Å². The molecule has 3 rings (SSSR count). The smallest absolute Gasteiger partial charge is 0.161 e. The highest BCUT2D eigenvalue weighted by Crippen LogP contribution is 2.29. The first-order chi connectivity index (χ1) is 13.2. The van der Waals surface area contributed by atoms with Gasteiger partial charge in [-0.1, -0.05) is 6.07 Å². The molecule has 136 valence electrons. The monoisotopic (exact) mass is 361 g/mol. The molecule has 0 fully saturated rings. The van der Waals surface area contributed by atoms with E-state index < -0.39 is 0 Å². The number of benzene rings is 2. The fraction of sp³-hybridized carbons (Fsp3) is 0.190. The lowest BCUT2D eigenvalue weighted by molar-refractivity contribution is 0.354.